The van der Waals surface area contributed by atoms with Crippen molar-refractivity contribution in [2.75, 3.05) is 18.2 Å². The number of ketones is 1. The molecular formula is C14H13NO3. The van der Waals surface area contributed by atoms with Gasteiger partial charge in [-0.05, 0) is 24.5 Å². The van der Waals surface area contributed by atoms with Crippen molar-refractivity contribution < 1.29 is 14.3 Å². The minimum Gasteiger partial charge on any atom is -0.454 e. The van der Waals surface area contributed by atoms with Crippen LogP contribution in [0.4, 0.5) is 5.69 Å². The Morgan fingerprint density at radius 3 is 2.72 bits per heavy atom. The maximum Gasteiger partial charge on any atom is 0.231 e. The summed E-state index contributed by atoms with van der Waals surface area (Å²) in [6.07, 6.45) is 4.51. The van der Waals surface area contributed by atoms with Crippen LogP contribution in [0.3, 0.4) is 0 Å². The van der Waals surface area contributed by atoms with Crippen LogP contribution in [-0.2, 0) is 11.2 Å². The molecule has 92 valence electrons. The molecule has 1 aromatic rings. The molecule has 0 spiro atoms. The van der Waals surface area contributed by atoms with Gasteiger partial charge < -0.3 is 14.4 Å². The van der Waals surface area contributed by atoms with E-state index in [2.05, 4.69) is 4.90 Å². The van der Waals surface area contributed by atoms with E-state index in [0.29, 0.717) is 13.2 Å². The van der Waals surface area contributed by atoms with Crippen LogP contribution in [0.2, 0.25) is 0 Å². The Labute approximate surface area is 105 Å². The number of anilines is 1. The van der Waals surface area contributed by atoms with E-state index in [-0.39, 0.29) is 5.78 Å². The molecule has 0 amide bonds. The molecule has 3 aliphatic rings. The Kier molecular flexibility index (Phi) is 1.95. The zero-order valence-corrected chi connectivity index (χ0v) is 9.94. The Hall–Kier alpha value is -1.97. The number of hydrogen-bond donors (Lipinski definition) is 0. The summed E-state index contributed by atoms with van der Waals surface area (Å²) in [5.41, 5.74) is 3.19. The van der Waals surface area contributed by atoms with Crippen LogP contribution in [-0.4, -0.2) is 19.1 Å². The lowest BCUT2D eigenvalue weighted by Crippen LogP contribution is -2.23. The topological polar surface area (TPSA) is 38.8 Å². The number of hydrogen-bond acceptors (Lipinski definition) is 4. The predicted molar refractivity (Wildman–Crippen MR) is 65.9 cm³/mol. The van der Waals surface area contributed by atoms with Gasteiger partial charge in [0.15, 0.2) is 17.3 Å². The highest BCUT2D eigenvalue weighted by Gasteiger charge is 2.30. The van der Waals surface area contributed by atoms with E-state index >= 15 is 0 Å². The van der Waals surface area contributed by atoms with Gasteiger partial charge in [-0.1, -0.05) is 6.08 Å². The average molecular weight is 243 g/mol. The molecule has 0 unspecified atom stereocenters. The van der Waals surface area contributed by atoms with Gasteiger partial charge >= 0.3 is 0 Å². The highest BCUT2D eigenvalue weighted by atomic mass is 16.7. The Morgan fingerprint density at radius 2 is 1.94 bits per heavy atom. The largest absolute Gasteiger partial charge is 0.454 e. The molecule has 2 heterocycles. The summed E-state index contributed by atoms with van der Waals surface area (Å²) in [7, 11) is 0. The van der Waals surface area contributed by atoms with E-state index < -0.39 is 0 Å². The molecule has 0 fully saturated rings. The van der Waals surface area contributed by atoms with E-state index in [1.54, 1.807) is 0 Å². The smallest absolute Gasteiger partial charge is 0.231 e. The van der Waals surface area contributed by atoms with Gasteiger partial charge in [0.25, 0.3) is 0 Å². The molecule has 0 saturated heterocycles. The number of rotatable bonds is 1. The van der Waals surface area contributed by atoms with Gasteiger partial charge in [0, 0.05) is 24.7 Å². The number of allylic oxidation sites excluding steroid dienone is 2. The van der Waals surface area contributed by atoms with Crippen molar-refractivity contribution in [2.45, 2.75) is 19.3 Å². The lowest BCUT2D eigenvalue weighted by molar-refractivity contribution is -0.115. The minimum atomic E-state index is 0.250. The van der Waals surface area contributed by atoms with Crippen molar-refractivity contribution in [3.8, 4) is 11.5 Å². The molecule has 1 aromatic carbocycles. The van der Waals surface area contributed by atoms with E-state index in [9.17, 15) is 4.79 Å². The highest BCUT2D eigenvalue weighted by molar-refractivity contribution is 6.01. The third-order valence-corrected chi connectivity index (χ3v) is 3.75. The summed E-state index contributed by atoms with van der Waals surface area (Å²) in [5.74, 6) is 1.86. The Balaban J connectivity index is 1.78. The van der Waals surface area contributed by atoms with E-state index in [1.165, 1.54) is 5.56 Å². The first kappa shape index (κ1) is 10.00. The average Bonchev–Trinajstić information content (AvgIpc) is 3.04. The first-order valence-electron chi connectivity index (χ1n) is 6.26. The monoisotopic (exact) mass is 243 g/mol. The highest BCUT2D eigenvalue weighted by Crippen LogP contribution is 2.42. The molecule has 0 N–H and O–H groups in total. The quantitative estimate of drug-likeness (QED) is 0.756. The lowest BCUT2D eigenvalue weighted by atomic mass is 10.1. The summed E-state index contributed by atoms with van der Waals surface area (Å²) >= 11 is 0. The van der Waals surface area contributed by atoms with Gasteiger partial charge in [-0.3, -0.25) is 4.79 Å². The van der Waals surface area contributed by atoms with Crippen LogP contribution >= 0.6 is 0 Å². The number of ether oxygens (including phenoxy) is 2. The SMILES string of the molecule is O=C1CCC=C1N1CCc2cc3c(cc21)OCO3. The number of fused-ring (bicyclic) bond motifs is 2. The number of carbonyl (C=O) groups is 1. The molecule has 0 saturated carbocycles. The first-order valence-corrected chi connectivity index (χ1v) is 6.26. The van der Waals surface area contributed by atoms with Crippen LogP contribution in [0.15, 0.2) is 23.9 Å². The Morgan fingerprint density at radius 1 is 1.11 bits per heavy atom. The maximum absolute atomic E-state index is 11.8. The van der Waals surface area contributed by atoms with Crippen molar-refractivity contribution >= 4 is 11.5 Å². The minimum absolute atomic E-state index is 0.250. The molecule has 4 rings (SSSR count). The second-order valence-corrected chi connectivity index (χ2v) is 4.79. The van der Waals surface area contributed by atoms with Crippen molar-refractivity contribution in [1.82, 2.24) is 0 Å². The van der Waals surface area contributed by atoms with Crippen LogP contribution < -0.4 is 14.4 Å². The lowest BCUT2D eigenvalue weighted by Gasteiger charge is -2.19. The van der Waals surface area contributed by atoms with Crippen LogP contribution in [0.1, 0.15) is 18.4 Å². The van der Waals surface area contributed by atoms with Crippen molar-refractivity contribution in [3.63, 3.8) is 0 Å². The molecule has 18 heavy (non-hydrogen) atoms. The van der Waals surface area contributed by atoms with Crippen LogP contribution in [0, 0.1) is 0 Å². The van der Waals surface area contributed by atoms with E-state index in [1.807, 2.05) is 18.2 Å². The fourth-order valence-electron chi connectivity index (χ4n) is 2.87. The third-order valence-electron chi connectivity index (χ3n) is 3.75. The van der Waals surface area contributed by atoms with E-state index in [4.69, 9.17) is 9.47 Å². The number of carbonyl (C=O) groups excluding carboxylic acids is 1. The van der Waals surface area contributed by atoms with Gasteiger partial charge in [0.1, 0.15) is 0 Å². The summed E-state index contributed by atoms with van der Waals surface area (Å²) in [6.45, 7) is 1.16. The van der Waals surface area contributed by atoms with Crippen LogP contribution in [0.25, 0.3) is 0 Å². The molecule has 1 aliphatic carbocycles. The molecule has 4 nitrogen and oxygen atoms in total. The standard InChI is InChI=1S/C14H13NO3/c16-12-3-1-2-10(12)15-5-4-9-6-13-14(7-11(9)15)18-8-17-13/h2,6-7H,1,3-5,8H2. The molecule has 0 bridgehead atoms. The maximum atomic E-state index is 11.8. The van der Waals surface area contributed by atoms with Gasteiger partial charge in [-0.25, -0.2) is 0 Å². The molecule has 0 radical (unpaired) electrons. The van der Waals surface area contributed by atoms with Gasteiger partial charge in [0.2, 0.25) is 6.79 Å². The fourth-order valence-corrected chi connectivity index (χ4v) is 2.87. The van der Waals surface area contributed by atoms with Crippen molar-refractivity contribution in [1.29, 1.82) is 0 Å². The van der Waals surface area contributed by atoms with Gasteiger partial charge in [-0.2, -0.15) is 0 Å². The molecular weight excluding hydrogens is 230 g/mol. The second-order valence-electron chi connectivity index (χ2n) is 4.79. The van der Waals surface area contributed by atoms with Crippen molar-refractivity contribution in [3.05, 3.63) is 29.5 Å². The first-order chi connectivity index (χ1) is 8.83. The molecule has 0 atom stereocenters. The second kappa shape index (κ2) is 3.51. The van der Waals surface area contributed by atoms with Crippen molar-refractivity contribution in [2.24, 2.45) is 0 Å². The number of nitrogens with zero attached hydrogens (tertiary/aromatic N) is 1. The normalized spacial score (nSPS) is 20.3. The van der Waals surface area contributed by atoms with E-state index in [0.717, 1.165) is 42.3 Å². The number of Topliss-reactive ketones (excluding diaryl/α,β-unsaturated/α-hetero) is 1. The summed E-state index contributed by atoms with van der Waals surface area (Å²) in [5, 5.41) is 0. The number of benzene rings is 1. The predicted octanol–water partition coefficient (Wildman–Crippen LogP) is 2.02. The summed E-state index contributed by atoms with van der Waals surface area (Å²) < 4.78 is 10.8. The van der Waals surface area contributed by atoms with Gasteiger partial charge in [0.05, 0.1) is 5.70 Å². The van der Waals surface area contributed by atoms with Gasteiger partial charge in [-0.15, -0.1) is 0 Å². The third kappa shape index (κ3) is 1.29. The molecule has 0 aromatic heterocycles. The zero-order valence-electron chi connectivity index (χ0n) is 9.94. The zero-order chi connectivity index (χ0) is 12.1. The molecule has 4 heteroatoms. The summed E-state index contributed by atoms with van der Waals surface area (Å²) in [4.78, 5) is 14.0. The van der Waals surface area contributed by atoms with Crippen LogP contribution in [0.5, 0.6) is 11.5 Å². The summed E-state index contributed by atoms with van der Waals surface area (Å²) in [6, 6.07) is 4.04. The Bertz CT molecular complexity index is 577. The fraction of sp³-hybridized carbons (Fsp3) is 0.357. The molecule has 2 aliphatic heterocycles.